The van der Waals surface area contributed by atoms with E-state index in [4.69, 9.17) is 4.74 Å². The molecule has 134 valence electrons. The zero-order chi connectivity index (χ0) is 17.9. The van der Waals surface area contributed by atoms with Crippen LogP contribution in [-0.2, 0) is 17.5 Å². The van der Waals surface area contributed by atoms with E-state index in [2.05, 4.69) is 36.1 Å². The minimum absolute atomic E-state index is 0.0503. The molecule has 1 aliphatic heterocycles. The Balaban J connectivity index is 1.77. The highest BCUT2D eigenvalue weighted by Gasteiger charge is 2.32. The van der Waals surface area contributed by atoms with Crippen molar-refractivity contribution in [2.75, 3.05) is 36.5 Å². The van der Waals surface area contributed by atoms with E-state index in [0.717, 1.165) is 41.1 Å². The van der Waals surface area contributed by atoms with Crippen LogP contribution in [-0.4, -0.2) is 36.3 Å². The normalized spacial score (nSPS) is 15.3. The van der Waals surface area contributed by atoms with Crippen molar-refractivity contribution in [3.05, 3.63) is 46.2 Å². The molecule has 5 nitrogen and oxygen atoms in total. The Morgan fingerprint density at radius 2 is 1.96 bits per heavy atom. The van der Waals surface area contributed by atoms with Gasteiger partial charge in [0.1, 0.15) is 5.69 Å². The van der Waals surface area contributed by atoms with Gasteiger partial charge in [0.15, 0.2) is 0 Å². The highest BCUT2D eigenvalue weighted by molar-refractivity contribution is 9.10. The summed E-state index contributed by atoms with van der Waals surface area (Å²) in [6.07, 6.45) is -3.39. The van der Waals surface area contributed by atoms with E-state index in [1.54, 1.807) is 0 Å². The predicted molar refractivity (Wildman–Crippen MR) is 91.5 cm³/mol. The van der Waals surface area contributed by atoms with Gasteiger partial charge in [-0.05, 0) is 23.8 Å². The molecule has 1 N–H and O–H groups in total. The molecule has 0 atom stereocenters. The van der Waals surface area contributed by atoms with Gasteiger partial charge in [-0.15, -0.1) is 0 Å². The van der Waals surface area contributed by atoms with E-state index in [-0.39, 0.29) is 5.95 Å². The lowest BCUT2D eigenvalue weighted by atomic mass is 10.1. The van der Waals surface area contributed by atoms with E-state index in [1.165, 1.54) is 0 Å². The Hall–Kier alpha value is -1.87. The summed E-state index contributed by atoms with van der Waals surface area (Å²) >= 11 is 3.46. The number of hydrogen-bond donors (Lipinski definition) is 1. The van der Waals surface area contributed by atoms with Gasteiger partial charge in [-0.25, -0.2) is 9.97 Å². The van der Waals surface area contributed by atoms with Crippen LogP contribution in [0.3, 0.4) is 0 Å². The topological polar surface area (TPSA) is 50.3 Å². The van der Waals surface area contributed by atoms with Gasteiger partial charge in [-0.2, -0.15) is 13.2 Å². The van der Waals surface area contributed by atoms with Crippen molar-refractivity contribution in [3.63, 3.8) is 0 Å². The van der Waals surface area contributed by atoms with E-state index >= 15 is 0 Å². The van der Waals surface area contributed by atoms with Crippen LogP contribution < -0.4 is 10.2 Å². The number of nitrogens with zero attached hydrogens (tertiary/aromatic N) is 3. The number of nitrogens with one attached hydrogen (secondary N) is 1. The molecule has 0 unspecified atom stereocenters. The first kappa shape index (κ1) is 17.9. The van der Waals surface area contributed by atoms with E-state index in [0.29, 0.717) is 19.8 Å². The van der Waals surface area contributed by atoms with Crippen molar-refractivity contribution in [2.24, 2.45) is 0 Å². The van der Waals surface area contributed by atoms with Crippen molar-refractivity contribution >= 4 is 27.6 Å². The van der Waals surface area contributed by atoms with Gasteiger partial charge >= 0.3 is 6.18 Å². The van der Waals surface area contributed by atoms with E-state index < -0.39 is 11.9 Å². The Bertz CT molecular complexity index is 736. The molecule has 25 heavy (non-hydrogen) atoms. The second-order valence-electron chi connectivity index (χ2n) is 5.49. The standard InChI is InChI=1S/C16H16BrF3N4O/c17-12-2-1-11(13(9-12)24-5-7-25-8-6-24)10-22-15-21-4-3-14(23-15)16(18,19)20/h1-4,9H,5-8,10H2,(H,21,22,23). The maximum absolute atomic E-state index is 12.7. The van der Waals surface area contributed by atoms with Gasteiger partial charge in [0, 0.05) is 36.0 Å². The number of ether oxygens (including phenoxy) is 1. The molecule has 2 heterocycles. The maximum Gasteiger partial charge on any atom is 0.433 e. The largest absolute Gasteiger partial charge is 0.433 e. The van der Waals surface area contributed by atoms with E-state index in [1.807, 2.05) is 18.2 Å². The van der Waals surface area contributed by atoms with E-state index in [9.17, 15) is 13.2 Å². The van der Waals surface area contributed by atoms with Crippen LogP contribution in [0.15, 0.2) is 34.9 Å². The highest BCUT2D eigenvalue weighted by Crippen LogP contribution is 2.29. The number of morpholine rings is 1. The molecular weight excluding hydrogens is 401 g/mol. The molecule has 1 aromatic heterocycles. The summed E-state index contributed by atoms with van der Waals surface area (Å²) in [5.74, 6) is -0.0503. The fourth-order valence-corrected chi connectivity index (χ4v) is 2.91. The lowest BCUT2D eigenvalue weighted by Gasteiger charge is -2.31. The Kier molecular flexibility index (Phi) is 5.43. The van der Waals surface area contributed by atoms with Gasteiger partial charge in [0.05, 0.1) is 13.2 Å². The number of anilines is 2. The average molecular weight is 417 g/mol. The average Bonchev–Trinajstić information content (AvgIpc) is 2.61. The summed E-state index contributed by atoms with van der Waals surface area (Å²) in [6, 6.07) is 6.67. The summed E-state index contributed by atoms with van der Waals surface area (Å²) in [6.45, 7) is 3.15. The van der Waals surface area contributed by atoms with Crippen LogP contribution in [0.4, 0.5) is 24.8 Å². The summed E-state index contributed by atoms with van der Waals surface area (Å²) in [4.78, 5) is 9.58. The number of alkyl halides is 3. The third kappa shape index (κ3) is 4.60. The molecule has 0 bridgehead atoms. The zero-order valence-electron chi connectivity index (χ0n) is 13.2. The molecule has 2 aromatic rings. The van der Waals surface area contributed by atoms with Crippen molar-refractivity contribution in [1.29, 1.82) is 0 Å². The minimum Gasteiger partial charge on any atom is -0.378 e. The molecule has 0 saturated carbocycles. The van der Waals surface area contributed by atoms with Crippen LogP contribution in [0, 0.1) is 0 Å². The SMILES string of the molecule is FC(F)(F)c1ccnc(NCc2ccc(Br)cc2N2CCOCC2)n1. The quantitative estimate of drug-likeness (QED) is 0.823. The lowest BCUT2D eigenvalue weighted by Crippen LogP contribution is -2.37. The second kappa shape index (κ2) is 7.57. The molecule has 1 aromatic carbocycles. The molecule has 3 rings (SSSR count). The second-order valence-corrected chi connectivity index (χ2v) is 6.40. The summed E-state index contributed by atoms with van der Waals surface area (Å²) in [5, 5.41) is 2.88. The minimum atomic E-state index is -4.49. The first-order chi connectivity index (χ1) is 11.9. The number of hydrogen-bond acceptors (Lipinski definition) is 5. The Morgan fingerprint density at radius 3 is 2.68 bits per heavy atom. The van der Waals surface area contributed by atoms with Gasteiger partial charge in [-0.1, -0.05) is 22.0 Å². The predicted octanol–water partition coefficient (Wildman–Crippen LogP) is 3.71. The number of benzene rings is 1. The molecule has 9 heteroatoms. The number of rotatable bonds is 4. The number of halogens is 4. The first-order valence-electron chi connectivity index (χ1n) is 7.69. The lowest BCUT2D eigenvalue weighted by molar-refractivity contribution is -0.141. The van der Waals surface area contributed by atoms with Crippen molar-refractivity contribution in [1.82, 2.24) is 9.97 Å². The highest BCUT2D eigenvalue weighted by atomic mass is 79.9. The van der Waals surface area contributed by atoms with Crippen LogP contribution in [0.5, 0.6) is 0 Å². The summed E-state index contributed by atoms with van der Waals surface area (Å²) in [5.41, 5.74) is 0.998. The maximum atomic E-state index is 12.7. The third-order valence-electron chi connectivity index (χ3n) is 3.78. The molecule has 0 amide bonds. The Morgan fingerprint density at radius 1 is 1.20 bits per heavy atom. The molecule has 1 aliphatic rings. The van der Waals surface area contributed by atoms with Gasteiger partial charge < -0.3 is 15.0 Å². The molecule has 0 radical (unpaired) electrons. The van der Waals surface area contributed by atoms with Crippen LogP contribution >= 0.6 is 15.9 Å². The fourth-order valence-electron chi connectivity index (χ4n) is 2.56. The smallest absolute Gasteiger partial charge is 0.378 e. The summed E-state index contributed by atoms with van der Waals surface area (Å²) in [7, 11) is 0. The molecule has 1 saturated heterocycles. The zero-order valence-corrected chi connectivity index (χ0v) is 14.8. The molecule has 0 aliphatic carbocycles. The van der Waals surface area contributed by atoms with Crippen molar-refractivity contribution in [2.45, 2.75) is 12.7 Å². The fraction of sp³-hybridized carbons (Fsp3) is 0.375. The molecule has 1 fully saturated rings. The number of aromatic nitrogens is 2. The van der Waals surface area contributed by atoms with Crippen LogP contribution in [0.2, 0.25) is 0 Å². The first-order valence-corrected chi connectivity index (χ1v) is 8.48. The molecule has 0 spiro atoms. The van der Waals surface area contributed by atoms with Gasteiger partial charge in [0.2, 0.25) is 5.95 Å². The Labute approximate surface area is 151 Å². The van der Waals surface area contributed by atoms with Crippen molar-refractivity contribution in [3.8, 4) is 0 Å². The third-order valence-corrected chi connectivity index (χ3v) is 4.28. The van der Waals surface area contributed by atoms with Crippen LogP contribution in [0.25, 0.3) is 0 Å². The molecular formula is C16H16BrF3N4O. The summed E-state index contributed by atoms with van der Waals surface area (Å²) < 4.78 is 44.5. The van der Waals surface area contributed by atoms with Gasteiger partial charge in [-0.3, -0.25) is 0 Å². The monoisotopic (exact) mass is 416 g/mol. The van der Waals surface area contributed by atoms with Crippen LogP contribution in [0.1, 0.15) is 11.3 Å². The van der Waals surface area contributed by atoms with Gasteiger partial charge in [0.25, 0.3) is 0 Å². The van der Waals surface area contributed by atoms with Crippen molar-refractivity contribution < 1.29 is 17.9 Å².